The number of imide groups is 1. The molecule has 1 aliphatic heterocycles. The van der Waals surface area contributed by atoms with E-state index < -0.39 is 11.6 Å². The van der Waals surface area contributed by atoms with Crippen LogP contribution in [0.5, 0.6) is 0 Å². The van der Waals surface area contributed by atoms with Gasteiger partial charge >= 0.3 is 6.03 Å². The van der Waals surface area contributed by atoms with Crippen molar-refractivity contribution in [3.63, 3.8) is 0 Å². The lowest BCUT2D eigenvalue weighted by Crippen LogP contribution is -2.40. The standard InChI is InChI=1S/C20H16BrN3O3/c1-20(14-7-9-15(21)10-8-14)18(25)24(19(26)23-20)11-16-12-27-17(22-16)13-5-3-2-4-6-13/h2-10,12H,11H2,1H3,(H,23,26). The number of hydrogen-bond donors (Lipinski definition) is 1. The zero-order chi connectivity index (χ0) is 19.0. The molecule has 1 N–H and O–H groups in total. The van der Waals surface area contributed by atoms with E-state index in [1.165, 1.54) is 6.26 Å². The molecule has 2 aromatic carbocycles. The largest absolute Gasteiger partial charge is 0.444 e. The molecule has 7 heteroatoms. The summed E-state index contributed by atoms with van der Waals surface area (Å²) in [6, 6.07) is 16.3. The van der Waals surface area contributed by atoms with Crippen LogP contribution in [0, 0.1) is 0 Å². The Morgan fingerprint density at radius 2 is 1.81 bits per heavy atom. The molecule has 1 saturated heterocycles. The first-order chi connectivity index (χ1) is 13.0. The number of benzene rings is 2. The number of carbonyl (C=O) groups excluding carboxylic acids is 2. The Hall–Kier alpha value is -2.93. The van der Waals surface area contributed by atoms with Gasteiger partial charge in [-0.3, -0.25) is 9.69 Å². The van der Waals surface area contributed by atoms with Crippen LogP contribution < -0.4 is 5.32 Å². The van der Waals surface area contributed by atoms with Gasteiger partial charge in [-0.25, -0.2) is 9.78 Å². The lowest BCUT2D eigenvalue weighted by Gasteiger charge is -2.22. The lowest BCUT2D eigenvalue weighted by molar-refractivity contribution is -0.131. The van der Waals surface area contributed by atoms with E-state index in [0.29, 0.717) is 11.6 Å². The molecule has 0 saturated carbocycles. The van der Waals surface area contributed by atoms with E-state index in [0.717, 1.165) is 20.5 Å². The average Bonchev–Trinajstić information content (AvgIpc) is 3.22. The van der Waals surface area contributed by atoms with E-state index >= 15 is 0 Å². The van der Waals surface area contributed by atoms with Gasteiger partial charge in [-0.2, -0.15) is 0 Å². The van der Waals surface area contributed by atoms with E-state index in [4.69, 9.17) is 4.42 Å². The molecule has 2 heterocycles. The molecule has 3 aromatic rings. The summed E-state index contributed by atoms with van der Waals surface area (Å²) in [6.07, 6.45) is 1.47. The molecule has 1 unspecified atom stereocenters. The highest BCUT2D eigenvalue weighted by molar-refractivity contribution is 9.10. The highest BCUT2D eigenvalue weighted by Crippen LogP contribution is 2.31. The van der Waals surface area contributed by atoms with Gasteiger partial charge in [0.2, 0.25) is 5.89 Å². The molecule has 0 radical (unpaired) electrons. The first kappa shape index (κ1) is 17.5. The Morgan fingerprint density at radius 1 is 1.11 bits per heavy atom. The SMILES string of the molecule is CC1(c2ccc(Br)cc2)NC(=O)N(Cc2coc(-c3ccccc3)n2)C1=O. The van der Waals surface area contributed by atoms with Crippen molar-refractivity contribution in [2.45, 2.75) is 19.0 Å². The Balaban J connectivity index is 1.56. The van der Waals surface area contributed by atoms with Crippen LogP contribution in [0.25, 0.3) is 11.5 Å². The quantitative estimate of drug-likeness (QED) is 0.639. The molecule has 27 heavy (non-hydrogen) atoms. The van der Waals surface area contributed by atoms with Crippen LogP contribution in [-0.4, -0.2) is 21.8 Å². The third-order valence-corrected chi connectivity index (χ3v) is 5.12. The van der Waals surface area contributed by atoms with Gasteiger partial charge in [0.15, 0.2) is 0 Å². The Bertz CT molecular complexity index is 1000. The number of urea groups is 1. The fourth-order valence-electron chi connectivity index (χ4n) is 3.07. The zero-order valence-corrected chi connectivity index (χ0v) is 16.1. The topological polar surface area (TPSA) is 75.4 Å². The number of nitrogens with zero attached hydrogens (tertiary/aromatic N) is 2. The molecule has 0 aliphatic carbocycles. The second-order valence-corrected chi connectivity index (χ2v) is 7.38. The summed E-state index contributed by atoms with van der Waals surface area (Å²) in [6.45, 7) is 1.75. The third kappa shape index (κ3) is 3.14. The highest BCUT2D eigenvalue weighted by Gasteiger charge is 2.49. The van der Waals surface area contributed by atoms with Crippen molar-refractivity contribution in [2.75, 3.05) is 0 Å². The summed E-state index contributed by atoms with van der Waals surface area (Å²) in [5.74, 6) is 0.132. The maximum absolute atomic E-state index is 13.0. The van der Waals surface area contributed by atoms with Gasteiger partial charge in [-0.05, 0) is 36.8 Å². The first-order valence-corrected chi connectivity index (χ1v) is 9.16. The second-order valence-electron chi connectivity index (χ2n) is 6.46. The normalized spacial score (nSPS) is 19.4. The van der Waals surface area contributed by atoms with Crippen molar-refractivity contribution in [2.24, 2.45) is 0 Å². The highest BCUT2D eigenvalue weighted by atomic mass is 79.9. The second kappa shape index (κ2) is 6.66. The predicted octanol–water partition coefficient (Wildman–Crippen LogP) is 4.07. The van der Waals surface area contributed by atoms with Crippen LogP contribution in [0.4, 0.5) is 4.79 Å². The molecular weight excluding hydrogens is 410 g/mol. The number of aromatic nitrogens is 1. The molecule has 1 aliphatic rings. The Labute approximate surface area is 164 Å². The minimum absolute atomic E-state index is 0.0487. The van der Waals surface area contributed by atoms with Gasteiger partial charge in [0.05, 0.1) is 12.2 Å². The van der Waals surface area contributed by atoms with Crippen LogP contribution in [0.3, 0.4) is 0 Å². The molecule has 6 nitrogen and oxygen atoms in total. The van der Waals surface area contributed by atoms with E-state index in [9.17, 15) is 9.59 Å². The number of nitrogens with one attached hydrogen (secondary N) is 1. The molecule has 1 aromatic heterocycles. The summed E-state index contributed by atoms with van der Waals surface area (Å²) in [5, 5.41) is 2.79. The summed E-state index contributed by atoms with van der Waals surface area (Å²) in [4.78, 5) is 31.0. The smallest absolute Gasteiger partial charge is 0.325 e. The average molecular weight is 426 g/mol. The summed E-state index contributed by atoms with van der Waals surface area (Å²) >= 11 is 3.37. The van der Waals surface area contributed by atoms with Crippen molar-refractivity contribution in [1.82, 2.24) is 15.2 Å². The van der Waals surface area contributed by atoms with Crippen LogP contribution in [0.1, 0.15) is 18.2 Å². The van der Waals surface area contributed by atoms with Gasteiger partial charge in [-0.1, -0.05) is 46.3 Å². The number of halogens is 1. The van der Waals surface area contributed by atoms with Crippen molar-refractivity contribution < 1.29 is 14.0 Å². The molecule has 136 valence electrons. The fraction of sp³-hybridized carbons (Fsp3) is 0.150. The number of oxazole rings is 1. The molecule has 3 amide bonds. The fourth-order valence-corrected chi connectivity index (χ4v) is 3.34. The Kier molecular flexibility index (Phi) is 4.31. The first-order valence-electron chi connectivity index (χ1n) is 8.37. The molecule has 1 fully saturated rings. The van der Waals surface area contributed by atoms with E-state index in [-0.39, 0.29) is 12.5 Å². The summed E-state index contributed by atoms with van der Waals surface area (Å²) in [7, 11) is 0. The Morgan fingerprint density at radius 3 is 2.52 bits per heavy atom. The van der Waals surface area contributed by atoms with Gasteiger partial charge < -0.3 is 9.73 Å². The molecule has 0 spiro atoms. The van der Waals surface area contributed by atoms with E-state index in [1.807, 2.05) is 54.6 Å². The molecule has 4 rings (SSSR count). The van der Waals surface area contributed by atoms with Crippen LogP contribution in [0.2, 0.25) is 0 Å². The van der Waals surface area contributed by atoms with Crippen LogP contribution in [-0.2, 0) is 16.9 Å². The van der Waals surface area contributed by atoms with Crippen molar-refractivity contribution >= 4 is 27.9 Å². The van der Waals surface area contributed by atoms with Crippen LogP contribution in [0.15, 0.2) is 69.8 Å². The van der Waals surface area contributed by atoms with Crippen molar-refractivity contribution in [3.8, 4) is 11.5 Å². The third-order valence-electron chi connectivity index (χ3n) is 4.59. The maximum atomic E-state index is 13.0. The van der Waals surface area contributed by atoms with Crippen molar-refractivity contribution in [1.29, 1.82) is 0 Å². The maximum Gasteiger partial charge on any atom is 0.325 e. The monoisotopic (exact) mass is 425 g/mol. The summed E-state index contributed by atoms with van der Waals surface area (Å²) < 4.78 is 6.40. The number of hydrogen-bond acceptors (Lipinski definition) is 4. The lowest BCUT2D eigenvalue weighted by atomic mass is 9.92. The van der Waals surface area contributed by atoms with E-state index in [2.05, 4.69) is 26.2 Å². The molecular formula is C20H16BrN3O3. The molecule has 1 atom stereocenters. The number of amides is 3. The number of carbonyl (C=O) groups is 2. The van der Waals surface area contributed by atoms with Crippen LogP contribution >= 0.6 is 15.9 Å². The summed E-state index contributed by atoms with van der Waals surface area (Å²) in [5.41, 5.74) is 0.957. The van der Waals surface area contributed by atoms with Gasteiger partial charge in [0.25, 0.3) is 5.91 Å². The predicted molar refractivity (Wildman–Crippen MR) is 103 cm³/mol. The van der Waals surface area contributed by atoms with Crippen molar-refractivity contribution in [3.05, 3.63) is 76.6 Å². The number of rotatable bonds is 4. The van der Waals surface area contributed by atoms with Gasteiger partial charge in [0, 0.05) is 10.0 Å². The van der Waals surface area contributed by atoms with E-state index in [1.54, 1.807) is 6.92 Å². The minimum atomic E-state index is -1.11. The zero-order valence-electron chi connectivity index (χ0n) is 14.5. The van der Waals surface area contributed by atoms with Gasteiger partial charge in [0.1, 0.15) is 11.8 Å². The van der Waals surface area contributed by atoms with Gasteiger partial charge in [-0.15, -0.1) is 0 Å². The minimum Gasteiger partial charge on any atom is -0.444 e. The molecule has 0 bridgehead atoms.